The Morgan fingerprint density at radius 1 is 1.23 bits per heavy atom. The SMILES string of the molecule is CCNC(=NCC(C)(C)CCS(C)(=O)=O)NC1CCN(Cc2ccc(F)cc2)CC1. The van der Waals surface area contributed by atoms with Crippen LogP contribution in [0.4, 0.5) is 4.39 Å². The zero-order chi connectivity index (χ0) is 22.2. The Bertz CT molecular complexity index is 786. The normalized spacial score (nSPS) is 17.2. The van der Waals surface area contributed by atoms with Crippen molar-refractivity contribution < 1.29 is 12.8 Å². The third kappa shape index (κ3) is 9.43. The first-order chi connectivity index (χ1) is 14.1. The zero-order valence-electron chi connectivity index (χ0n) is 18.7. The summed E-state index contributed by atoms with van der Waals surface area (Å²) in [5, 5.41) is 6.84. The Balaban J connectivity index is 1.83. The summed E-state index contributed by atoms with van der Waals surface area (Å²) >= 11 is 0. The maximum Gasteiger partial charge on any atom is 0.191 e. The second-order valence-electron chi connectivity index (χ2n) is 9.06. The van der Waals surface area contributed by atoms with Gasteiger partial charge in [-0.05, 0) is 49.3 Å². The summed E-state index contributed by atoms with van der Waals surface area (Å²) in [4.78, 5) is 7.12. The highest BCUT2D eigenvalue weighted by Crippen LogP contribution is 2.21. The molecule has 30 heavy (non-hydrogen) atoms. The topological polar surface area (TPSA) is 73.8 Å². The van der Waals surface area contributed by atoms with E-state index in [0.29, 0.717) is 19.0 Å². The molecule has 0 saturated carbocycles. The van der Waals surface area contributed by atoms with Gasteiger partial charge in [0, 0.05) is 45.0 Å². The van der Waals surface area contributed by atoms with E-state index in [-0.39, 0.29) is 17.0 Å². The highest BCUT2D eigenvalue weighted by atomic mass is 32.2. The molecule has 0 aromatic heterocycles. The van der Waals surface area contributed by atoms with E-state index in [1.54, 1.807) is 0 Å². The van der Waals surface area contributed by atoms with Crippen molar-refractivity contribution in [2.45, 2.75) is 52.6 Å². The lowest BCUT2D eigenvalue weighted by Gasteiger charge is -2.33. The van der Waals surface area contributed by atoms with E-state index in [2.05, 4.69) is 29.4 Å². The number of hydrogen-bond donors (Lipinski definition) is 2. The standard InChI is InChI=1S/C22H37FN4O2S/c1-5-24-21(25-17-22(2,3)12-15-30(4,28)29)26-20-10-13-27(14-11-20)16-18-6-8-19(23)9-7-18/h6-9,20H,5,10-17H2,1-4H3,(H2,24,25,26). The first kappa shape index (κ1) is 24.6. The van der Waals surface area contributed by atoms with Gasteiger partial charge < -0.3 is 10.6 Å². The van der Waals surface area contributed by atoms with Crippen molar-refractivity contribution in [3.63, 3.8) is 0 Å². The van der Waals surface area contributed by atoms with Gasteiger partial charge in [0.1, 0.15) is 15.7 Å². The van der Waals surface area contributed by atoms with E-state index in [1.165, 1.54) is 18.4 Å². The number of rotatable bonds is 9. The molecule has 1 saturated heterocycles. The second-order valence-corrected chi connectivity index (χ2v) is 11.3. The summed E-state index contributed by atoms with van der Waals surface area (Å²) in [5.41, 5.74) is 0.957. The van der Waals surface area contributed by atoms with Crippen LogP contribution in [0.2, 0.25) is 0 Å². The van der Waals surface area contributed by atoms with Gasteiger partial charge in [-0.25, -0.2) is 12.8 Å². The van der Waals surface area contributed by atoms with Crippen LogP contribution in [-0.4, -0.2) is 63.5 Å². The van der Waals surface area contributed by atoms with Gasteiger partial charge in [0.05, 0.1) is 5.75 Å². The first-order valence-electron chi connectivity index (χ1n) is 10.8. The molecular weight excluding hydrogens is 403 g/mol. The maximum atomic E-state index is 13.1. The molecule has 0 bridgehead atoms. The molecule has 0 spiro atoms. The molecule has 2 N–H and O–H groups in total. The summed E-state index contributed by atoms with van der Waals surface area (Å²) in [6.07, 6.45) is 3.91. The fourth-order valence-corrected chi connectivity index (χ4v) is 4.35. The van der Waals surface area contributed by atoms with Gasteiger partial charge in [0.15, 0.2) is 5.96 Å². The minimum Gasteiger partial charge on any atom is -0.357 e. The Kier molecular flexibility index (Phi) is 9.09. The van der Waals surface area contributed by atoms with Gasteiger partial charge in [0.2, 0.25) is 0 Å². The Morgan fingerprint density at radius 2 is 1.87 bits per heavy atom. The Morgan fingerprint density at radius 3 is 2.43 bits per heavy atom. The summed E-state index contributed by atoms with van der Waals surface area (Å²) in [6.45, 7) is 10.3. The molecule has 0 radical (unpaired) electrons. The first-order valence-corrected chi connectivity index (χ1v) is 12.8. The average Bonchev–Trinajstić information content (AvgIpc) is 2.68. The van der Waals surface area contributed by atoms with Crippen LogP contribution >= 0.6 is 0 Å². The van der Waals surface area contributed by atoms with E-state index >= 15 is 0 Å². The van der Waals surface area contributed by atoms with Gasteiger partial charge in [-0.2, -0.15) is 0 Å². The van der Waals surface area contributed by atoms with E-state index in [1.807, 2.05) is 19.1 Å². The maximum absolute atomic E-state index is 13.1. The molecule has 0 unspecified atom stereocenters. The van der Waals surface area contributed by atoms with Gasteiger partial charge in [-0.1, -0.05) is 26.0 Å². The summed E-state index contributed by atoms with van der Waals surface area (Å²) in [5.74, 6) is 0.782. The number of nitrogens with one attached hydrogen (secondary N) is 2. The lowest BCUT2D eigenvalue weighted by Crippen LogP contribution is -2.48. The minimum atomic E-state index is -2.96. The largest absolute Gasteiger partial charge is 0.357 e. The van der Waals surface area contributed by atoms with Crippen molar-refractivity contribution >= 4 is 15.8 Å². The summed E-state index contributed by atoms with van der Waals surface area (Å²) < 4.78 is 36.0. The van der Waals surface area contributed by atoms with Crippen LogP contribution < -0.4 is 10.6 Å². The van der Waals surface area contributed by atoms with Crippen LogP contribution in [0.1, 0.15) is 45.6 Å². The number of benzene rings is 1. The number of piperidine rings is 1. The van der Waals surface area contributed by atoms with Crippen molar-refractivity contribution in [2.24, 2.45) is 10.4 Å². The number of guanidine groups is 1. The molecule has 0 aliphatic carbocycles. The zero-order valence-corrected chi connectivity index (χ0v) is 19.6. The molecule has 6 nitrogen and oxygen atoms in total. The predicted molar refractivity (Wildman–Crippen MR) is 122 cm³/mol. The van der Waals surface area contributed by atoms with E-state index in [0.717, 1.165) is 50.5 Å². The molecular formula is C22H37FN4O2S. The third-order valence-electron chi connectivity index (χ3n) is 5.41. The van der Waals surface area contributed by atoms with Crippen LogP contribution in [-0.2, 0) is 16.4 Å². The van der Waals surface area contributed by atoms with Gasteiger partial charge in [-0.15, -0.1) is 0 Å². The molecule has 1 fully saturated rings. The number of nitrogens with zero attached hydrogens (tertiary/aromatic N) is 2. The van der Waals surface area contributed by atoms with Gasteiger partial charge >= 0.3 is 0 Å². The van der Waals surface area contributed by atoms with Crippen LogP contribution in [0.3, 0.4) is 0 Å². The van der Waals surface area contributed by atoms with Crippen LogP contribution in [0.15, 0.2) is 29.3 Å². The molecule has 0 atom stereocenters. The highest BCUT2D eigenvalue weighted by molar-refractivity contribution is 7.90. The van der Waals surface area contributed by atoms with Crippen molar-refractivity contribution in [3.8, 4) is 0 Å². The number of halogens is 1. The number of sulfone groups is 1. The van der Waals surface area contributed by atoms with Crippen LogP contribution in [0, 0.1) is 11.2 Å². The molecule has 8 heteroatoms. The van der Waals surface area contributed by atoms with Crippen molar-refractivity contribution in [2.75, 3.05) is 38.2 Å². The van der Waals surface area contributed by atoms with Crippen molar-refractivity contribution in [1.29, 1.82) is 0 Å². The minimum absolute atomic E-state index is 0.177. The third-order valence-corrected chi connectivity index (χ3v) is 6.35. The molecule has 1 aromatic rings. The van der Waals surface area contributed by atoms with Crippen molar-refractivity contribution in [1.82, 2.24) is 15.5 Å². The summed E-state index contributed by atoms with van der Waals surface area (Å²) in [7, 11) is -2.96. The lowest BCUT2D eigenvalue weighted by molar-refractivity contribution is 0.198. The Hall–Kier alpha value is -1.67. The van der Waals surface area contributed by atoms with Gasteiger partial charge in [0.25, 0.3) is 0 Å². The molecule has 1 aromatic carbocycles. The molecule has 170 valence electrons. The molecule has 1 aliphatic heterocycles. The van der Waals surface area contributed by atoms with Gasteiger partial charge in [-0.3, -0.25) is 9.89 Å². The second kappa shape index (κ2) is 11.1. The molecule has 1 heterocycles. The fourth-order valence-electron chi connectivity index (χ4n) is 3.43. The molecule has 2 rings (SSSR count). The number of likely N-dealkylation sites (tertiary alicyclic amines) is 1. The van der Waals surface area contributed by atoms with Crippen molar-refractivity contribution in [3.05, 3.63) is 35.6 Å². The lowest BCUT2D eigenvalue weighted by atomic mass is 9.90. The van der Waals surface area contributed by atoms with E-state index in [4.69, 9.17) is 4.99 Å². The van der Waals surface area contributed by atoms with Crippen LogP contribution in [0.25, 0.3) is 0 Å². The highest BCUT2D eigenvalue weighted by Gasteiger charge is 2.22. The molecule has 1 aliphatic rings. The number of hydrogen-bond acceptors (Lipinski definition) is 4. The average molecular weight is 441 g/mol. The fraction of sp³-hybridized carbons (Fsp3) is 0.682. The number of aliphatic imine (C=N–C) groups is 1. The van der Waals surface area contributed by atoms with E-state index in [9.17, 15) is 12.8 Å². The smallest absolute Gasteiger partial charge is 0.191 e. The monoisotopic (exact) mass is 440 g/mol. The molecule has 0 amide bonds. The van der Waals surface area contributed by atoms with Crippen LogP contribution in [0.5, 0.6) is 0 Å². The Labute approximate surface area is 181 Å². The predicted octanol–water partition coefficient (Wildman–Crippen LogP) is 2.81. The summed E-state index contributed by atoms with van der Waals surface area (Å²) in [6, 6.07) is 7.08. The van der Waals surface area contributed by atoms with E-state index < -0.39 is 9.84 Å². The quantitative estimate of drug-likeness (QED) is 0.456.